The van der Waals surface area contributed by atoms with Gasteiger partial charge in [-0.2, -0.15) is 10.5 Å². The molecule has 0 bridgehead atoms. The summed E-state index contributed by atoms with van der Waals surface area (Å²) >= 11 is 0. The summed E-state index contributed by atoms with van der Waals surface area (Å²) in [7, 11) is 0. The molecule has 0 N–H and O–H groups in total. The number of aromatic nitrogens is 4. The maximum atomic E-state index is 9.43. The Kier molecular flexibility index (Phi) is 2.82. The van der Waals surface area contributed by atoms with Gasteiger partial charge in [0.2, 0.25) is 0 Å². The van der Waals surface area contributed by atoms with E-state index in [1.807, 2.05) is 24.3 Å². The molecule has 0 aliphatic heterocycles. The molecule has 2 aromatic carbocycles. The highest BCUT2D eigenvalue weighted by Gasteiger charge is 2.16. The second-order valence-electron chi connectivity index (χ2n) is 5.80. The number of benzene rings is 2. The van der Waals surface area contributed by atoms with Crippen molar-refractivity contribution in [2.75, 3.05) is 0 Å². The lowest BCUT2D eigenvalue weighted by Crippen LogP contribution is -1.96. The van der Waals surface area contributed by atoms with Gasteiger partial charge in [-0.25, -0.2) is 9.97 Å². The zero-order valence-electron chi connectivity index (χ0n) is 13.3. The number of fused-ring (bicyclic) bond motifs is 7. The van der Waals surface area contributed by atoms with E-state index in [4.69, 9.17) is 9.97 Å². The van der Waals surface area contributed by atoms with Crippen LogP contribution in [0.25, 0.3) is 43.9 Å². The Balaban J connectivity index is 2.15. The lowest BCUT2D eigenvalue weighted by Gasteiger charge is -2.09. The van der Waals surface area contributed by atoms with E-state index in [0.717, 1.165) is 21.8 Å². The van der Waals surface area contributed by atoms with E-state index >= 15 is 0 Å². The molecule has 118 valence electrons. The van der Waals surface area contributed by atoms with Gasteiger partial charge in [0.05, 0.1) is 33.2 Å². The zero-order chi connectivity index (χ0) is 17.7. The van der Waals surface area contributed by atoms with Crippen LogP contribution in [0.3, 0.4) is 0 Å². The highest BCUT2D eigenvalue weighted by Crippen LogP contribution is 2.32. The summed E-state index contributed by atoms with van der Waals surface area (Å²) in [5, 5.41) is 20.5. The van der Waals surface area contributed by atoms with Crippen LogP contribution in [0.4, 0.5) is 0 Å². The van der Waals surface area contributed by atoms with Crippen molar-refractivity contribution in [1.82, 2.24) is 19.9 Å². The predicted octanol–water partition coefficient (Wildman–Crippen LogP) is 3.62. The number of rotatable bonds is 0. The monoisotopic (exact) mass is 332 g/mol. The summed E-state index contributed by atoms with van der Waals surface area (Å²) in [6.45, 7) is 0. The van der Waals surface area contributed by atoms with E-state index in [1.165, 1.54) is 0 Å². The highest BCUT2D eigenvalue weighted by molar-refractivity contribution is 6.21. The van der Waals surface area contributed by atoms with Gasteiger partial charge in [0.25, 0.3) is 0 Å². The number of hydrogen-bond donors (Lipinski definition) is 0. The summed E-state index contributed by atoms with van der Waals surface area (Å²) in [6.07, 6.45) is 3.43. The van der Waals surface area contributed by atoms with Crippen LogP contribution in [0.2, 0.25) is 0 Å². The summed E-state index contributed by atoms with van der Waals surface area (Å²) in [5.74, 6) is 0. The summed E-state index contributed by atoms with van der Waals surface area (Å²) < 4.78 is 0. The van der Waals surface area contributed by atoms with E-state index in [2.05, 4.69) is 22.1 Å². The molecule has 0 saturated heterocycles. The van der Waals surface area contributed by atoms with Gasteiger partial charge in [0, 0.05) is 23.2 Å². The standard InChI is InChI=1S/C20H8N6/c21-9-11-5-6-12(10-22)16-15(11)25-19-13-3-1-7-23-17(13)18-14(20(19)26-16)4-2-8-24-18/h1-8H. The fraction of sp³-hybridized carbons (Fsp3) is 0. The molecule has 0 fully saturated rings. The minimum absolute atomic E-state index is 0.386. The van der Waals surface area contributed by atoms with Crippen LogP contribution in [0.1, 0.15) is 11.1 Å². The molecule has 0 aliphatic carbocycles. The quantitative estimate of drug-likeness (QED) is 0.317. The normalized spacial score (nSPS) is 11.0. The van der Waals surface area contributed by atoms with Crippen molar-refractivity contribution in [2.24, 2.45) is 0 Å². The first kappa shape index (κ1) is 14.2. The van der Waals surface area contributed by atoms with Gasteiger partial charge in [-0.3, -0.25) is 9.97 Å². The van der Waals surface area contributed by atoms with Crippen molar-refractivity contribution in [3.8, 4) is 12.1 Å². The Labute approximate surface area is 147 Å². The van der Waals surface area contributed by atoms with Crippen LogP contribution in [0, 0.1) is 22.7 Å². The summed E-state index contributed by atoms with van der Waals surface area (Å²) in [6, 6.07) is 15.0. The molecule has 0 aliphatic rings. The molecule has 6 heteroatoms. The average Bonchev–Trinajstić information content (AvgIpc) is 2.72. The first-order valence-corrected chi connectivity index (χ1v) is 7.88. The molecule has 6 nitrogen and oxygen atoms in total. The molecule has 3 heterocycles. The average molecular weight is 332 g/mol. The Morgan fingerprint density at radius 3 is 1.46 bits per heavy atom. The molecule has 0 spiro atoms. The number of hydrogen-bond acceptors (Lipinski definition) is 6. The van der Waals surface area contributed by atoms with Crippen LogP contribution in [0.15, 0.2) is 48.8 Å². The zero-order valence-corrected chi connectivity index (χ0v) is 13.3. The minimum atomic E-state index is 0.386. The van der Waals surface area contributed by atoms with Gasteiger partial charge >= 0.3 is 0 Å². The molecule has 0 atom stereocenters. The van der Waals surface area contributed by atoms with Crippen molar-refractivity contribution in [2.45, 2.75) is 0 Å². The molecule has 26 heavy (non-hydrogen) atoms. The summed E-state index contributed by atoms with van der Waals surface area (Å²) in [5.41, 5.74) is 4.38. The largest absolute Gasteiger partial charge is 0.254 e. The SMILES string of the molecule is N#Cc1ccc(C#N)c2nc3c4cccnc4c4ncccc4c3nc12. The molecule has 0 radical (unpaired) electrons. The number of nitriles is 2. The van der Waals surface area contributed by atoms with Gasteiger partial charge in [-0.1, -0.05) is 0 Å². The summed E-state index contributed by atoms with van der Waals surface area (Å²) in [4.78, 5) is 18.4. The van der Waals surface area contributed by atoms with Gasteiger partial charge in [0.15, 0.2) is 0 Å². The van der Waals surface area contributed by atoms with E-state index in [0.29, 0.717) is 33.2 Å². The van der Waals surface area contributed by atoms with Crippen molar-refractivity contribution in [3.05, 3.63) is 59.9 Å². The predicted molar refractivity (Wildman–Crippen MR) is 97.1 cm³/mol. The minimum Gasteiger partial charge on any atom is -0.254 e. The van der Waals surface area contributed by atoms with Crippen molar-refractivity contribution < 1.29 is 0 Å². The van der Waals surface area contributed by atoms with Crippen LogP contribution >= 0.6 is 0 Å². The van der Waals surface area contributed by atoms with Crippen LogP contribution in [-0.4, -0.2) is 19.9 Å². The van der Waals surface area contributed by atoms with Crippen molar-refractivity contribution in [3.63, 3.8) is 0 Å². The molecular weight excluding hydrogens is 324 g/mol. The molecule has 0 unspecified atom stereocenters. The Morgan fingerprint density at radius 1 is 0.577 bits per heavy atom. The van der Waals surface area contributed by atoms with Gasteiger partial charge in [0.1, 0.15) is 23.2 Å². The molecule has 5 rings (SSSR count). The topological polar surface area (TPSA) is 99.1 Å². The third kappa shape index (κ3) is 1.78. The third-order valence-electron chi connectivity index (χ3n) is 4.41. The van der Waals surface area contributed by atoms with Crippen LogP contribution < -0.4 is 0 Å². The van der Waals surface area contributed by atoms with Crippen molar-refractivity contribution in [1.29, 1.82) is 10.5 Å². The third-order valence-corrected chi connectivity index (χ3v) is 4.41. The van der Waals surface area contributed by atoms with Gasteiger partial charge in [-0.15, -0.1) is 0 Å². The van der Waals surface area contributed by atoms with E-state index in [-0.39, 0.29) is 0 Å². The molecule has 0 amide bonds. The fourth-order valence-electron chi connectivity index (χ4n) is 3.26. The smallest absolute Gasteiger partial charge is 0.109 e. The maximum absolute atomic E-state index is 9.43. The van der Waals surface area contributed by atoms with Crippen LogP contribution in [0.5, 0.6) is 0 Å². The Bertz CT molecular complexity index is 1350. The first-order chi connectivity index (χ1) is 12.8. The second kappa shape index (κ2) is 5.17. The lowest BCUT2D eigenvalue weighted by atomic mass is 10.0. The Morgan fingerprint density at radius 2 is 1.04 bits per heavy atom. The molecular formula is C20H8N6. The second-order valence-corrected chi connectivity index (χ2v) is 5.80. The number of pyridine rings is 2. The van der Waals surface area contributed by atoms with E-state index < -0.39 is 0 Å². The van der Waals surface area contributed by atoms with E-state index in [1.54, 1.807) is 24.5 Å². The lowest BCUT2D eigenvalue weighted by molar-refractivity contribution is 1.35. The van der Waals surface area contributed by atoms with Gasteiger partial charge < -0.3 is 0 Å². The fourth-order valence-corrected chi connectivity index (χ4v) is 3.26. The van der Waals surface area contributed by atoms with Crippen molar-refractivity contribution >= 4 is 43.9 Å². The number of nitrogens with zero attached hydrogens (tertiary/aromatic N) is 6. The Hall–Kier alpha value is -4.16. The maximum Gasteiger partial charge on any atom is 0.109 e. The molecule has 0 saturated carbocycles. The van der Waals surface area contributed by atoms with E-state index in [9.17, 15) is 10.5 Å². The van der Waals surface area contributed by atoms with Gasteiger partial charge in [-0.05, 0) is 36.4 Å². The highest BCUT2D eigenvalue weighted by atomic mass is 14.8. The van der Waals surface area contributed by atoms with Crippen LogP contribution in [-0.2, 0) is 0 Å². The molecule has 5 aromatic rings. The molecule has 3 aromatic heterocycles. The first-order valence-electron chi connectivity index (χ1n) is 7.88.